The second-order valence-corrected chi connectivity index (χ2v) is 14.2. The van der Waals surface area contributed by atoms with E-state index in [2.05, 4.69) is 109 Å². The fraction of sp³-hybridized carbons (Fsp3) is 0.133. The van der Waals surface area contributed by atoms with Crippen LogP contribution in [0, 0.1) is 0 Å². The number of methoxy groups -OCH3 is 1. The lowest BCUT2D eigenvalue weighted by molar-refractivity contribution is 0.0715. The Morgan fingerprint density at radius 1 is 0.615 bits per heavy atom. The minimum absolute atomic E-state index is 0.340. The van der Waals surface area contributed by atoms with Crippen LogP contribution in [0.15, 0.2) is 171 Å². The predicted octanol–water partition coefficient (Wildman–Crippen LogP) is 11.1. The van der Waals surface area contributed by atoms with Gasteiger partial charge in [0, 0.05) is 29.2 Å². The van der Waals surface area contributed by atoms with Gasteiger partial charge in [0.2, 0.25) is 5.90 Å². The van der Waals surface area contributed by atoms with Crippen LogP contribution in [0.5, 0.6) is 5.75 Å². The minimum Gasteiger partial charge on any atom is -0.497 e. The van der Waals surface area contributed by atoms with Crippen LogP contribution in [-0.4, -0.2) is 31.3 Å². The van der Waals surface area contributed by atoms with E-state index < -0.39 is 13.8 Å². The summed E-state index contributed by atoms with van der Waals surface area (Å²) < 4.78 is 33.1. The summed E-state index contributed by atoms with van der Waals surface area (Å²) in [5.74, 6) is 1.35. The van der Waals surface area contributed by atoms with Gasteiger partial charge in [0.05, 0.1) is 7.11 Å². The van der Waals surface area contributed by atoms with Crippen molar-refractivity contribution >= 4 is 57.6 Å². The molecule has 256 valence electrons. The van der Waals surface area contributed by atoms with Gasteiger partial charge in [0.1, 0.15) is 35.2 Å². The molecule has 1 unspecified atom stereocenters. The van der Waals surface area contributed by atoms with Crippen molar-refractivity contribution in [3.8, 4) is 5.75 Å². The number of fused-ring (bicyclic) bond motifs is 7. The molecule has 2 heterocycles. The molecule has 0 saturated carbocycles. The van der Waals surface area contributed by atoms with Crippen molar-refractivity contribution in [1.29, 1.82) is 0 Å². The lowest BCUT2D eigenvalue weighted by atomic mass is 9.82. The summed E-state index contributed by atoms with van der Waals surface area (Å²) in [6.45, 7) is 0.340. The number of hydrogen-bond acceptors (Lipinski definition) is 6. The molecular formula is C45H36NO5P. The lowest BCUT2D eigenvalue weighted by Gasteiger charge is -2.35. The first-order chi connectivity index (χ1) is 25.7. The molecule has 0 saturated heterocycles. The number of ether oxygens (including phenoxy) is 2. The Hall–Kier alpha value is -5.81. The van der Waals surface area contributed by atoms with Crippen LogP contribution in [0.3, 0.4) is 0 Å². The van der Waals surface area contributed by atoms with Crippen molar-refractivity contribution in [3.05, 3.63) is 174 Å². The second-order valence-electron chi connectivity index (χ2n) is 13.2. The van der Waals surface area contributed by atoms with E-state index in [1.165, 1.54) is 0 Å². The number of hydrogen-bond donors (Lipinski definition) is 0. The van der Waals surface area contributed by atoms with Crippen LogP contribution < -0.4 is 9.26 Å². The molecule has 6 nitrogen and oxygen atoms in total. The Morgan fingerprint density at radius 3 is 1.67 bits per heavy atom. The number of rotatable bonds is 9. The molecule has 8 aromatic rings. The average Bonchev–Trinajstić information content (AvgIpc) is 3.64. The topological polar surface area (TPSA) is 66.3 Å². The van der Waals surface area contributed by atoms with Gasteiger partial charge in [-0.1, -0.05) is 121 Å². The quantitative estimate of drug-likeness (QED) is 0.150. The third kappa shape index (κ3) is 6.11. The van der Waals surface area contributed by atoms with E-state index in [4.69, 9.17) is 27.4 Å². The molecule has 1 aromatic heterocycles. The van der Waals surface area contributed by atoms with E-state index >= 15 is 0 Å². The Balaban J connectivity index is 1.28. The Kier molecular flexibility index (Phi) is 8.48. The van der Waals surface area contributed by atoms with Gasteiger partial charge in [-0.25, -0.2) is 4.99 Å². The first-order valence-corrected chi connectivity index (χ1v) is 18.6. The molecule has 52 heavy (non-hydrogen) atoms. The standard InChI is InChI=1S/C45H36NO5P/c1-47-36-24-20-35(21-25-36)44-46-41(30-48-44)45(28-31-12-4-2-5-13-31,29-32-14-6-3-7-15-32)51-52-49-39-26-22-33-16-8-10-18-37(33)42(39)43-38-19-11-9-17-34(38)23-27-40(43)50-52/h2-27,41H,28-30H2,1H3. The summed E-state index contributed by atoms with van der Waals surface area (Å²) in [6.07, 6.45) is 1.10. The molecule has 0 fully saturated rings. The highest BCUT2D eigenvalue weighted by Gasteiger charge is 2.46. The highest BCUT2D eigenvalue weighted by Crippen LogP contribution is 2.44. The maximum Gasteiger partial charge on any atom is 0.388 e. The minimum atomic E-state index is -2.00. The molecule has 9 rings (SSSR count). The predicted molar refractivity (Wildman–Crippen MR) is 210 cm³/mol. The molecule has 0 spiro atoms. The van der Waals surface area contributed by atoms with E-state index in [0.29, 0.717) is 25.3 Å². The second kappa shape index (κ2) is 13.7. The summed E-state index contributed by atoms with van der Waals surface area (Å²) in [6, 6.07) is 53.4. The van der Waals surface area contributed by atoms with Gasteiger partial charge in [-0.3, -0.25) is 4.52 Å². The zero-order valence-electron chi connectivity index (χ0n) is 28.6. The first-order valence-electron chi connectivity index (χ1n) is 17.5. The van der Waals surface area contributed by atoms with Gasteiger partial charge in [-0.05, 0) is 69.1 Å². The Labute approximate surface area is 302 Å². The molecule has 0 N–H and O–H groups in total. The Morgan fingerprint density at radius 2 is 1.13 bits per heavy atom. The SMILES string of the molecule is COc1ccc(C2=NC(C(Cc3ccccc3)(Cc3ccccc3)Op3oc4ccc5ccccc5c4c4c(ccc5ccccc54)o3)CO2)cc1. The van der Waals surface area contributed by atoms with E-state index in [0.717, 1.165) is 65.9 Å². The normalized spacial score (nSPS) is 14.5. The van der Waals surface area contributed by atoms with Gasteiger partial charge < -0.3 is 17.9 Å². The maximum atomic E-state index is 7.42. The van der Waals surface area contributed by atoms with Crippen LogP contribution in [0.1, 0.15) is 16.7 Å². The molecule has 1 atom stereocenters. The van der Waals surface area contributed by atoms with Gasteiger partial charge in [-0.2, -0.15) is 0 Å². The molecular weight excluding hydrogens is 665 g/mol. The van der Waals surface area contributed by atoms with Crippen LogP contribution in [-0.2, 0) is 17.6 Å². The van der Waals surface area contributed by atoms with Crippen molar-refractivity contribution in [2.24, 2.45) is 4.99 Å². The van der Waals surface area contributed by atoms with Crippen LogP contribution >= 0.6 is 8.24 Å². The number of aliphatic imine (C=N–C) groups is 1. The largest absolute Gasteiger partial charge is 0.497 e. The molecule has 0 amide bonds. The van der Waals surface area contributed by atoms with Crippen LogP contribution in [0.2, 0.25) is 0 Å². The van der Waals surface area contributed by atoms with Gasteiger partial charge >= 0.3 is 8.24 Å². The molecule has 1 aliphatic heterocycles. The highest BCUT2D eigenvalue weighted by atomic mass is 31.1. The maximum absolute atomic E-state index is 7.42. The summed E-state index contributed by atoms with van der Waals surface area (Å²) in [7, 11) is -0.334. The molecule has 0 radical (unpaired) electrons. The smallest absolute Gasteiger partial charge is 0.388 e. The van der Waals surface area contributed by atoms with Crippen LogP contribution in [0.4, 0.5) is 0 Å². The van der Waals surface area contributed by atoms with Crippen molar-refractivity contribution in [2.45, 2.75) is 24.5 Å². The van der Waals surface area contributed by atoms with Crippen molar-refractivity contribution in [1.82, 2.24) is 0 Å². The molecule has 0 bridgehead atoms. The van der Waals surface area contributed by atoms with E-state index in [9.17, 15) is 0 Å². The first kappa shape index (κ1) is 32.1. The summed E-state index contributed by atoms with van der Waals surface area (Å²) in [5.41, 5.74) is 3.65. The highest BCUT2D eigenvalue weighted by molar-refractivity contribution is 7.31. The molecule has 1 aliphatic rings. The fourth-order valence-corrected chi connectivity index (χ4v) is 8.66. The van der Waals surface area contributed by atoms with E-state index in [1.54, 1.807) is 7.11 Å². The third-order valence-corrected chi connectivity index (χ3v) is 11.1. The van der Waals surface area contributed by atoms with Gasteiger partial charge in [0.25, 0.3) is 0 Å². The van der Waals surface area contributed by atoms with Gasteiger partial charge in [0.15, 0.2) is 0 Å². The monoisotopic (exact) mass is 701 g/mol. The fourth-order valence-electron chi connectivity index (χ4n) is 7.38. The molecule has 7 aromatic carbocycles. The summed E-state index contributed by atoms with van der Waals surface area (Å²) >= 11 is 0. The van der Waals surface area contributed by atoms with Crippen molar-refractivity contribution in [3.63, 3.8) is 0 Å². The molecule has 0 aliphatic carbocycles. The zero-order chi connectivity index (χ0) is 34.9. The van der Waals surface area contributed by atoms with Gasteiger partial charge in [-0.15, -0.1) is 0 Å². The van der Waals surface area contributed by atoms with Crippen LogP contribution in [0.25, 0.3) is 43.5 Å². The van der Waals surface area contributed by atoms with Crippen molar-refractivity contribution < 1.29 is 22.4 Å². The Bertz CT molecular complexity index is 2460. The summed E-state index contributed by atoms with van der Waals surface area (Å²) in [4.78, 5) is 5.27. The van der Waals surface area contributed by atoms with E-state index in [-0.39, 0.29) is 6.04 Å². The average molecular weight is 702 g/mol. The summed E-state index contributed by atoms with van der Waals surface area (Å²) in [5, 5.41) is 6.44. The third-order valence-electron chi connectivity index (χ3n) is 9.92. The lowest BCUT2D eigenvalue weighted by Crippen LogP contribution is -2.51. The zero-order valence-corrected chi connectivity index (χ0v) is 29.5. The van der Waals surface area contributed by atoms with E-state index in [1.807, 2.05) is 48.5 Å². The van der Waals surface area contributed by atoms with Crippen molar-refractivity contribution in [2.75, 3.05) is 13.7 Å². The number of nitrogens with zero attached hydrogens (tertiary/aromatic N) is 1. The molecule has 7 heteroatoms. The number of benzene rings is 7.